The van der Waals surface area contributed by atoms with Gasteiger partial charge in [0.25, 0.3) is 0 Å². The second-order valence-corrected chi connectivity index (χ2v) is 11.7. The zero-order valence-electron chi connectivity index (χ0n) is 20.4. The van der Waals surface area contributed by atoms with E-state index in [-0.39, 0.29) is 17.6 Å². The van der Waals surface area contributed by atoms with Crippen LogP contribution in [-0.4, -0.2) is 68.6 Å². The largest absolute Gasteiger partial charge is 0.368 e. The molecule has 34 heavy (non-hydrogen) atoms. The molecule has 0 atom stereocenters. The summed E-state index contributed by atoms with van der Waals surface area (Å²) in [4.78, 5) is 17.5. The molecule has 2 aliphatic rings. The molecule has 0 saturated carbocycles. The molecule has 2 aromatic rings. The Hall–Kier alpha value is -2.38. The standard InChI is InChI=1S/C27H37N3O3S/c1-22-8-6-12-26(23(22)2)28-17-19-29(20-18-28)27(31)25-13-15-30(16-14-25)34(32,33)21-7-11-24-9-4-3-5-10-24/h3-6,8-10,12,25H,7,11,13-21H2,1-2H3. The van der Waals surface area contributed by atoms with E-state index in [9.17, 15) is 13.2 Å². The average molecular weight is 484 g/mol. The topological polar surface area (TPSA) is 60.9 Å². The number of anilines is 1. The number of nitrogens with zero attached hydrogens (tertiary/aromatic N) is 3. The van der Waals surface area contributed by atoms with Crippen LogP contribution in [0.5, 0.6) is 0 Å². The lowest BCUT2D eigenvalue weighted by Gasteiger charge is -2.39. The summed E-state index contributed by atoms with van der Waals surface area (Å²) in [6.45, 7) is 8.32. The number of hydrogen-bond donors (Lipinski definition) is 0. The maximum atomic E-state index is 13.1. The summed E-state index contributed by atoms with van der Waals surface area (Å²) in [7, 11) is -3.27. The fourth-order valence-corrected chi connectivity index (χ4v) is 6.65. The monoisotopic (exact) mass is 483 g/mol. The molecule has 2 fully saturated rings. The highest BCUT2D eigenvalue weighted by molar-refractivity contribution is 7.89. The molecule has 0 aliphatic carbocycles. The fourth-order valence-electron chi connectivity index (χ4n) is 5.12. The molecular formula is C27H37N3O3S. The first kappa shape index (κ1) is 24.7. The molecule has 0 spiro atoms. The van der Waals surface area contributed by atoms with Crippen LogP contribution in [-0.2, 0) is 21.2 Å². The number of amides is 1. The second-order valence-electron chi connectivity index (χ2n) is 9.61. The molecule has 7 heteroatoms. The summed E-state index contributed by atoms with van der Waals surface area (Å²) in [5.41, 5.74) is 5.02. The average Bonchev–Trinajstić information content (AvgIpc) is 2.86. The van der Waals surface area contributed by atoms with Crippen molar-refractivity contribution < 1.29 is 13.2 Å². The number of piperazine rings is 1. The molecule has 2 aromatic carbocycles. The first-order valence-corrected chi connectivity index (χ1v) is 14.1. The van der Waals surface area contributed by atoms with Gasteiger partial charge < -0.3 is 9.80 Å². The minimum absolute atomic E-state index is 0.0666. The van der Waals surface area contributed by atoms with Crippen LogP contribution in [0.4, 0.5) is 5.69 Å². The molecule has 0 N–H and O–H groups in total. The molecule has 0 radical (unpaired) electrons. The van der Waals surface area contributed by atoms with Gasteiger partial charge in [-0.05, 0) is 62.3 Å². The van der Waals surface area contributed by atoms with E-state index >= 15 is 0 Å². The highest BCUT2D eigenvalue weighted by Crippen LogP contribution is 2.26. The van der Waals surface area contributed by atoms with Crippen LogP contribution in [0.3, 0.4) is 0 Å². The Bertz CT molecular complexity index is 1070. The molecule has 2 aliphatic heterocycles. The fraction of sp³-hybridized carbons (Fsp3) is 0.519. The Morgan fingerprint density at radius 3 is 2.24 bits per heavy atom. The number of rotatable bonds is 7. The lowest BCUT2D eigenvalue weighted by atomic mass is 9.96. The normalized spacial score (nSPS) is 18.3. The zero-order valence-corrected chi connectivity index (χ0v) is 21.3. The SMILES string of the molecule is Cc1cccc(N2CCN(C(=O)C3CCN(S(=O)(=O)CCCc4ccccc4)CC3)CC2)c1C. The van der Waals surface area contributed by atoms with E-state index in [1.807, 2.05) is 35.2 Å². The van der Waals surface area contributed by atoms with Gasteiger partial charge in [-0.2, -0.15) is 0 Å². The molecular weight excluding hydrogens is 446 g/mol. The van der Waals surface area contributed by atoms with Gasteiger partial charge in [-0.1, -0.05) is 42.5 Å². The van der Waals surface area contributed by atoms with Crippen LogP contribution >= 0.6 is 0 Å². The minimum atomic E-state index is -3.27. The van der Waals surface area contributed by atoms with Crippen LogP contribution in [0.1, 0.15) is 36.0 Å². The lowest BCUT2D eigenvalue weighted by Crippen LogP contribution is -2.52. The van der Waals surface area contributed by atoms with Gasteiger partial charge in [-0.15, -0.1) is 0 Å². The van der Waals surface area contributed by atoms with Crippen molar-refractivity contribution in [2.45, 2.75) is 39.5 Å². The quantitative estimate of drug-likeness (QED) is 0.604. The number of aryl methyl sites for hydroxylation is 2. The Labute approximate surface area is 204 Å². The summed E-state index contributed by atoms with van der Waals surface area (Å²) in [6, 6.07) is 16.4. The van der Waals surface area contributed by atoms with E-state index < -0.39 is 10.0 Å². The summed E-state index contributed by atoms with van der Waals surface area (Å²) < 4.78 is 27.2. The van der Waals surface area contributed by atoms with Crippen molar-refractivity contribution in [3.63, 3.8) is 0 Å². The van der Waals surface area contributed by atoms with E-state index in [1.165, 1.54) is 22.4 Å². The first-order chi connectivity index (χ1) is 16.3. The number of piperidine rings is 1. The molecule has 184 valence electrons. The number of sulfonamides is 1. The Morgan fingerprint density at radius 2 is 1.56 bits per heavy atom. The van der Waals surface area contributed by atoms with Gasteiger partial charge >= 0.3 is 0 Å². The maximum absolute atomic E-state index is 13.1. The van der Waals surface area contributed by atoms with Gasteiger partial charge in [0.1, 0.15) is 0 Å². The second kappa shape index (κ2) is 10.9. The lowest BCUT2D eigenvalue weighted by molar-refractivity contribution is -0.137. The van der Waals surface area contributed by atoms with Crippen LogP contribution in [0.25, 0.3) is 0 Å². The molecule has 0 aromatic heterocycles. The zero-order chi connectivity index (χ0) is 24.1. The number of hydrogen-bond acceptors (Lipinski definition) is 4. The molecule has 0 bridgehead atoms. The number of carbonyl (C=O) groups excluding carboxylic acids is 1. The Morgan fingerprint density at radius 1 is 0.882 bits per heavy atom. The summed E-state index contributed by atoms with van der Waals surface area (Å²) >= 11 is 0. The van der Waals surface area contributed by atoms with Gasteiger partial charge in [-0.3, -0.25) is 4.79 Å². The van der Waals surface area contributed by atoms with Crippen LogP contribution in [0.15, 0.2) is 48.5 Å². The predicted molar refractivity (Wildman–Crippen MR) is 138 cm³/mol. The predicted octanol–water partition coefficient (Wildman–Crippen LogP) is 3.63. The summed E-state index contributed by atoms with van der Waals surface area (Å²) in [6.07, 6.45) is 2.63. The van der Waals surface area contributed by atoms with Gasteiger partial charge in [-0.25, -0.2) is 12.7 Å². The van der Waals surface area contributed by atoms with Crippen molar-refractivity contribution >= 4 is 21.6 Å². The summed E-state index contributed by atoms with van der Waals surface area (Å²) in [5, 5.41) is 0. The van der Waals surface area contributed by atoms with Gasteiger partial charge in [0.2, 0.25) is 15.9 Å². The van der Waals surface area contributed by atoms with E-state index in [4.69, 9.17) is 0 Å². The van der Waals surface area contributed by atoms with Crippen molar-refractivity contribution in [2.24, 2.45) is 5.92 Å². The maximum Gasteiger partial charge on any atom is 0.225 e. The molecule has 2 heterocycles. The third kappa shape index (κ3) is 5.81. The highest BCUT2D eigenvalue weighted by Gasteiger charge is 2.34. The molecule has 0 unspecified atom stereocenters. The van der Waals surface area contributed by atoms with Crippen LogP contribution in [0, 0.1) is 19.8 Å². The third-order valence-corrected chi connectivity index (χ3v) is 9.37. The Balaban J connectivity index is 1.23. The third-order valence-electron chi connectivity index (χ3n) is 7.42. The highest BCUT2D eigenvalue weighted by atomic mass is 32.2. The van der Waals surface area contributed by atoms with E-state index in [1.54, 1.807) is 4.31 Å². The van der Waals surface area contributed by atoms with E-state index in [0.717, 1.165) is 32.6 Å². The van der Waals surface area contributed by atoms with Crippen LogP contribution in [0.2, 0.25) is 0 Å². The van der Waals surface area contributed by atoms with Crippen molar-refractivity contribution in [1.82, 2.24) is 9.21 Å². The Kier molecular flexibility index (Phi) is 7.94. The van der Waals surface area contributed by atoms with Crippen molar-refractivity contribution in [2.75, 3.05) is 49.9 Å². The van der Waals surface area contributed by atoms with Crippen LogP contribution < -0.4 is 4.90 Å². The minimum Gasteiger partial charge on any atom is -0.368 e. The van der Waals surface area contributed by atoms with Gasteiger partial charge in [0.15, 0.2) is 0 Å². The number of carbonyl (C=O) groups is 1. The molecule has 2 saturated heterocycles. The van der Waals surface area contributed by atoms with Crippen molar-refractivity contribution in [3.05, 3.63) is 65.2 Å². The molecule has 6 nitrogen and oxygen atoms in total. The molecule has 4 rings (SSSR count). The van der Waals surface area contributed by atoms with Gasteiger partial charge in [0, 0.05) is 50.9 Å². The first-order valence-electron chi connectivity index (χ1n) is 12.5. The van der Waals surface area contributed by atoms with E-state index in [0.29, 0.717) is 32.4 Å². The van der Waals surface area contributed by atoms with Crippen molar-refractivity contribution in [1.29, 1.82) is 0 Å². The van der Waals surface area contributed by atoms with Gasteiger partial charge in [0.05, 0.1) is 5.75 Å². The smallest absolute Gasteiger partial charge is 0.225 e. The summed E-state index contributed by atoms with van der Waals surface area (Å²) in [5.74, 6) is 0.297. The number of benzene rings is 2. The van der Waals surface area contributed by atoms with Crippen molar-refractivity contribution in [3.8, 4) is 0 Å². The van der Waals surface area contributed by atoms with E-state index in [2.05, 4.69) is 36.9 Å². The molecule has 1 amide bonds.